The molecule has 0 heterocycles. The van der Waals surface area contributed by atoms with Crippen molar-refractivity contribution in [2.75, 3.05) is 13.7 Å². The maximum absolute atomic E-state index is 11.3. The number of nitrogens with one attached hydrogen (secondary N) is 1. The minimum Gasteiger partial charge on any atom is -0.469 e. The van der Waals surface area contributed by atoms with Gasteiger partial charge in [0.15, 0.2) is 5.78 Å². The van der Waals surface area contributed by atoms with Gasteiger partial charge in [0.05, 0.1) is 13.2 Å². The summed E-state index contributed by atoms with van der Waals surface area (Å²) in [5.74, 6) is -0.649. The summed E-state index contributed by atoms with van der Waals surface area (Å²) in [6.45, 7) is 3.29. The van der Waals surface area contributed by atoms with Crippen LogP contribution in [-0.4, -0.2) is 42.7 Å². The first-order valence-electron chi connectivity index (χ1n) is 4.97. The van der Waals surface area contributed by atoms with Gasteiger partial charge in [-0.2, -0.15) is 0 Å². The lowest BCUT2D eigenvalue weighted by Gasteiger charge is -2.18. The molecule has 0 aromatic heterocycles. The van der Waals surface area contributed by atoms with E-state index in [1.807, 2.05) is 13.8 Å². The van der Waals surface area contributed by atoms with Gasteiger partial charge in [-0.3, -0.25) is 9.59 Å². The quantitative estimate of drug-likeness (QED) is 0.581. The van der Waals surface area contributed by atoms with Crippen LogP contribution in [-0.2, 0) is 14.3 Å². The van der Waals surface area contributed by atoms with Gasteiger partial charge < -0.3 is 15.2 Å². The fourth-order valence-corrected chi connectivity index (χ4v) is 1.21. The maximum atomic E-state index is 11.3. The first-order chi connectivity index (χ1) is 7.01. The third-order valence-electron chi connectivity index (χ3n) is 1.94. The Labute approximate surface area is 89.8 Å². The zero-order valence-electron chi connectivity index (χ0n) is 9.45. The molecule has 0 rings (SSSR count). The van der Waals surface area contributed by atoms with E-state index < -0.39 is 12.6 Å². The van der Waals surface area contributed by atoms with Crippen molar-refractivity contribution in [2.45, 2.75) is 38.8 Å². The first kappa shape index (κ1) is 14.1. The summed E-state index contributed by atoms with van der Waals surface area (Å²) < 4.78 is 4.48. The lowest BCUT2D eigenvalue weighted by atomic mass is 10.1. The van der Waals surface area contributed by atoms with E-state index in [1.54, 1.807) is 0 Å². The van der Waals surface area contributed by atoms with Crippen LogP contribution in [0.4, 0.5) is 0 Å². The molecule has 5 heteroatoms. The highest BCUT2D eigenvalue weighted by Crippen LogP contribution is 2.01. The number of carbonyl (C=O) groups excluding carboxylic acids is 2. The van der Waals surface area contributed by atoms with Crippen molar-refractivity contribution < 1.29 is 19.4 Å². The molecule has 0 aromatic carbocycles. The zero-order chi connectivity index (χ0) is 11.8. The second-order valence-corrected chi connectivity index (χ2v) is 3.61. The fourth-order valence-electron chi connectivity index (χ4n) is 1.21. The smallest absolute Gasteiger partial charge is 0.305 e. The summed E-state index contributed by atoms with van der Waals surface area (Å²) in [5, 5.41) is 11.7. The van der Waals surface area contributed by atoms with Crippen molar-refractivity contribution >= 4 is 11.8 Å². The second kappa shape index (κ2) is 7.36. The predicted octanol–water partition coefficient (Wildman–Crippen LogP) is -0.132. The Balaban J connectivity index is 4.12. The number of methoxy groups -OCH3 is 1. The highest BCUT2D eigenvalue weighted by atomic mass is 16.5. The van der Waals surface area contributed by atoms with Gasteiger partial charge >= 0.3 is 5.97 Å². The number of rotatable bonds is 7. The number of ether oxygens (including phenoxy) is 1. The average Bonchev–Trinajstić information content (AvgIpc) is 2.21. The maximum Gasteiger partial charge on any atom is 0.305 e. The lowest BCUT2D eigenvalue weighted by molar-refractivity contribution is -0.141. The van der Waals surface area contributed by atoms with E-state index in [2.05, 4.69) is 10.1 Å². The van der Waals surface area contributed by atoms with Crippen molar-refractivity contribution in [2.24, 2.45) is 0 Å². The summed E-state index contributed by atoms with van der Waals surface area (Å²) in [4.78, 5) is 22.2. The van der Waals surface area contributed by atoms with Gasteiger partial charge in [-0.25, -0.2) is 0 Å². The highest BCUT2D eigenvalue weighted by molar-refractivity contribution is 5.85. The molecule has 0 saturated heterocycles. The number of hydrogen-bond donors (Lipinski definition) is 2. The molecule has 0 spiro atoms. The van der Waals surface area contributed by atoms with Gasteiger partial charge in [0, 0.05) is 12.5 Å². The summed E-state index contributed by atoms with van der Waals surface area (Å²) in [5.41, 5.74) is 0. The van der Waals surface area contributed by atoms with Crippen LogP contribution >= 0.6 is 0 Å². The van der Waals surface area contributed by atoms with E-state index in [0.29, 0.717) is 6.42 Å². The van der Waals surface area contributed by atoms with E-state index in [-0.39, 0.29) is 24.2 Å². The van der Waals surface area contributed by atoms with Gasteiger partial charge in [0.25, 0.3) is 0 Å². The summed E-state index contributed by atoms with van der Waals surface area (Å²) in [6.07, 6.45) is 0.525. The van der Waals surface area contributed by atoms with Crippen molar-refractivity contribution in [3.8, 4) is 0 Å². The Morgan fingerprint density at radius 3 is 2.40 bits per heavy atom. The van der Waals surface area contributed by atoms with Crippen LogP contribution in [0.25, 0.3) is 0 Å². The Bertz CT molecular complexity index is 215. The minimum atomic E-state index is -0.508. The van der Waals surface area contributed by atoms with Crippen LogP contribution in [0.1, 0.15) is 26.7 Å². The highest BCUT2D eigenvalue weighted by Gasteiger charge is 2.19. The number of hydrogen-bond acceptors (Lipinski definition) is 5. The normalized spacial score (nSPS) is 12.6. The van der Waals surface area contributed by atoms with Gasteiger partial charge in [0.2, 0.25) is 0 Å². The summed E-state index contributed by atoms with van der Waals surface area (Å²) >= 11 is 0. The van der Waals surface area contributed by atoms with Gasteiger partial charge in [-0.1, -0.05) is 13.8 Å². The van der Waals surface area contributed by atoms with Crippen molar-refractivity contribution in [3.05, 3.63) is 0 Å². The Morgan fingerprint density at radius 2 is 2.00 bits per heavy atom. The largest absolute Gasteiger partial charge is 0.469 e. The van der Waals surface area contributed by atoms with Crippen LogP contribution in [0, 0.1) is 0 Å². The van der Waals surface area contributed by atoms with Crippen molar-refractivity contribution in [1.82, 2.24) is 5.32 Å². The fraction of sp³-hybridized carbons (Fsp3) is 0.800. The molecule has 0 fully saturated rings. The summed E-state index contributed by atoms with van der Waals surface area (Å²) in [6, 6.07) is -0.350. The minimum absolute atomic E-state index is 0.128. The molecule has 0 amide bonds. The number of carbonyl (C=O) groups is 2. The Hall–Kier alpha value is -0.940. The van der Waals surface area contributed by atoms with E-state index in [1.165, 1.54) is 7.11 Å². The number of esters is 1. The predicted molar refractivity (Wildman–Crippen MR) is 55.4 cm³/mol. The molecular formula is C10H19NO4. The molecule has 0 bridgehead atoms. The van der Waals surface area contributed by atoms with Gasteiger partial charge in [0.1, 0.15) is 6.61 Å². The van der Waals surface area contributed by atoms with Crippen LogP contribution in [0.3, 0.4) is 0 Å². The first-order valence-corrected chi connectivity index (χ1v) is 4.97. The number of aliphatic hydroxyl groups is 1. The molecule has 0 aliphatic rings. The van der Waals surface area contributed by atoms with Crippen molar-refractivity contribution in [1.29, 1.82) is 0 Å². The van der Waals surface area contributed by atoms with Gasteiger partial charge in [-0.15, -0.1) is 0 Å². The lowest BCUT2D eigenvalue weighted by Crippen LogP contribution is -2.42. The van der Waals surface area contributed by atoms with E-state index in [4.69, 9.17) is 5.11 Å². The molecule has 2 N–H and O–H groups in total. The standard InChI is InChI=1S/C10H19NO4/c1-7(2)11-8(9(13)6-12)4-5-10(14)15-3/h7-8,11-12H,4-6H2,1-3H3/t8-/m0/s1. The molecule has 0 radical (unpaired) electrons. The zero-order valence-corrected chi connectivity index (χ0v) is 9.45. The molecule has 0 unspecified atom stereocenters. The molecule has 88 valence electrons. The van der Waals surface area contributed by atoms with Gasteiger partial charge in [-0.05, 0) is 6.42 Å². The van der Waals surface area contributed by atoms with Crippen LogP contribution in [0.15, 0.2) is 0 Å². The number of aliphatic hydroxyl groups excluding tert-OH is 1. The molecule has 0 saturated carbocycles. The third-order valence-corrected chi connectivity index (χ3v) is 1.94. The molecule has 15 heavy (non-hydrogen) atoms. The average molecular weight is 217 g/mol. The number of Topliss-reactive ketones (excluding diaryl/α,β-unsaturated/α-hetero) is 1. The molecular weight excluding hydrogens is 198 g/mol. The van der Waals surface area contributed by atoms with E-state index in [0.717, 1.165) is 0 Å². The molecule has 0 aliphatic heterocycles. The third kappa shape index (κ3) is 6.19. The van der Waals surface area contributed by atoms with E-state index >= 15 is 0 Å². The monoisotopic (exact) mass is 217 g/mol. The Kier molecular flexibility index (Phi) is 6.90. The second-order valence-electron chi connectivity index (χ2n) is 3.61. The summed E-state index contributed by atoms with van der Waals surface area (Å²) in [7, 11) is 1.31. The van der Waals surface area contributed by atoms with Crippen molar-refractivity contribution in [3.63, 3.8) is 0 Å². The SMILES string of the molecule is COC(=O)CC[C@H](NC(C)C)C(=O)CO. The van der Waals surface area contributed by atoms with E-state index in [9.17, 15) is 9.59 Å². The molecule has 0 aromatic rings. The molecule has 5 nitrogen and oxygen atoms in total. The number of ketones is 1. The van der Waals surface area contributed by atoms with Crippen LogP contribution < -0.4 is 5.32 Å². The Morgan fingerprint density at radius 1 is 1.40 bits per heavy atom. The van der Waals surface area contributed by atoms with Crippen LogP contribution in [0.2, 0.25) is 0 Å². The molecule has 0 aliphatic carbocycles. The molecule has 1 atom stereocenters. The topological polar surface area (TPSA) is 75.6 Å². The van der Waals surface area contributed by atoms with Crippen LogP contribution in [0.5, 0.6) is 0 Å².